The van der Waals surface area contributed by atoms with Gasteiger partial charge in [0.25, 0.3) is 0 Å². The van der Waals surface area contributed by atoms with E-state index >= 15 is 0 Å². The molecule has 1 spiro atoms. The fraction of sp³-hybridized carbons (Fsp3) is 0.636. The van der Waals surface area contributed by atoms with Gasteiger partial charge in [0.15, 0.2) is 5.78 Å². The van der Waals surface area contributed by atoms with Crippen LogP contribution in [0.3, 0.4) is 0 Å². The molecule has 0 saturated carbocycles. The van der Waals surface area contributed by atoms with Crippen molar-refractivity contribution in [2.24, 2.45) is 0 Å². The molecule has 16 heavy (non-hydrogen) atoms. The smallest absolute Gasteiger partial charge is 0.241 e. The largest absolute Gasteiger partial charge is 0.545 e. The van der Waals surface area contributed by atoms with E-state index in [1.807, 2.05) is 0 Å². The molecule has 5 heteroatoms. The third-order valence-corrected chi connectivity index (χ3v) is 3.65. The zero-order valence-electron chi connectivity index (χ0n) is 9.92. The molecule has 1 fully saturated rings. The summed E-state index contributed by atoms with van der Waals surface area (Å²) in [7, 11) is -1.74. The normalized spacial score (nSPS) is 29.6. The second kappa shape index (κ2) is 3.45. The minimum absolute atomic E-state index is 0.0411. The average molecular weight is 239 g/mol. The first-order chi connectivity index (χ1) is 7.31. The Morgan fingerprint density at radius 2 is 2.00 bits per heavy atom. The summed E-state index contributed by atoms with van der Waals surface area (Å²) in [5, 5.41) is 2.89. The molecule has 1 atom stereocenters. The van der Waals surface area contributed by atoms with E-state index in [0.29, 0.717) is 25.0 Å². The molecular weight excluding hydrogens is 222 g/mol. The summed E-state index contributed by atoms with van der Waals surface area (Å²) >= 11 is 0. The first-order valence-corrected chi connectivity index (χ1v) is 8.97. The number of allylic oxidation sites excluding steroid dienone is 1. The van der Waals surface area contributed by atoms with Crippen LogP contribution in [0.25, 0.3) is 0 Å². The second-order valence-corrected chi connectivity index (χ2v) is 9.93. The average Bonchev–Trinajstić information content (AvgIpc) is 2.05. The van der Waals surface area contributed by atoms with E-state index in [1.54, 1.807) is 6.08 Å². The van der Waals surface area contributed by atoms with E-state index in [-0.39, 0.29) is 17.2 Å². The van der Waals surface area contributed by atoms with Gasteiger partial charge in [-0.15, -0.1) is 0 Å². The van der Waals surface area contributed by atoms with E-state index in [2.05, 4.69) is 25.0 Å². The van der Waals surface area contributed by atoms with Gasteiger partial charge in [0, 0.05) is 12.5 Å². The second-order valence-electron chi connectivity index (χ2n) is 5.50. The Morgan fingerprint density at radius 1 is 1.38 bits per heavy atom. The van der Waals surface area contributed by atoms with Crippen LogP contribution in [0.1, 0.15) is 19.3 Å². The fourth-order valence-corrected chi connectivity index (χ4v) is 3.01. The summed E-state index contributed by atoms with van der Waals surface area (Å²) in [4.78, 5) is 22.5. The lowest BCUT2D eigenvalue weighted by Gasteiger charge is -2.46. The molecule has 0 bridgehead atoms. The molecule has 1 aliphatic carbocycles. The Balaban J connectivity index is 2.23. The van der Waals surface area contributed by atoms with Crippen molar-refractivity contribution in [3.8, 4) is 0 Å². The molecule has 1 amide bonds. The van der Waals surface area contributed by atoms with Gasteiger partial charge >= 0.3 is 0 Å². The Hall–Kier alpha value is -1.10. The third-order valence-electron chi connectivity index (χ3n) is 2.82. The molecule has 1 saturated heterocycles. The highest BCUT2D eigenvalue weighted by atomic mass is 28.4. The molecule has 1 heterocycles. The molecular formula is C11H17NO3Si. The van der Waals surface area contributed by atoms with Crippen LogP contribution in [0.15, 0.2) is 11.8 Å². The fourth-order valence-electron chi connectivity index (χ4n) is 2.10. The highest BCUT2D eigenvalue weighted by Gasteiger charge is 2.50. The van der Waals surface area contributed by atoms with Crippen molar-refractivity contribution in [2.45, 2.75) is 44.4 Å². The predicted molar refractivity (Wildman–Crippen MR) is 62.2 cm³/mol. The van der Waals surface area contributed by atoms with Crippen LogP contribution in [0.5, 0.6) is 0 Å². The SMILES string of the molecule is C[Si](C)(C)OC1=CC(=O)CCC12CC(=O)N2. The van der Waals surface area contributed by atoms with Gasteiger partial charge in [-0.05, 0) is 26.1 Å². The number of carbonyl (C=O) groups excluding carboxylic acids is 2. The Morgan fingerprint density at radius 3 is 2.50 bits per heavy atom. The summed E-state index contributed by atoms with van der Waals surface area (Å²) in [6, 6.07) is 0. The van der Waals surface area contributed by atoms with E-state index in [9.17, 15) is 9.59 Å². The molecule has 1 aliphatic heterocycles. The van der Waals surface area contributed by atoms with Crippen LogP contribution in [0.4, 0.5) is 0 Å². The molecule has 1 N–H and O–H groups in total. The maximum absolute atomic E-state index is 11.4. The third kappa shape index (κ3) is 2.04. The molecule has 2 rings (SSSR count). The Bertz CT molecular complexity index is 373. The van der Waals surface area contributed by atoms with Gasteiger partial charge in [-0.3, -0.25) is 9.59 Å². The van der Waals surface area contributed by atoms with Gasteiger partial charge in [-0.25, -0.2) is 0 Å². The number of nitrogens with one attached hydrogen (secondary N) is 1. The molecule has 4 nitrogen and oxygen atoms in total. The van der Waals surface area contributed by atoms with Crippen LogP contribution >= 0.6 is 0 Å². The van der Waals surface area contributed by atoms with Gasteiger partial charge in [-0.1, -0.05) is 0 Å². The summed E-state index contributed by atoms with van der Waals surface area (Å²) in [5.41, 5.74) is -0.370. The number of hydrogen-bond acceptors (Lipinski definition) is 3. The molecule has 2 aliphatic rings. The maximum atomic E-state index is 11.4. The van der Waals surface area contributed by atoms with Crippen molar-refractivity contribution >= 4 is 20.0 Å². The van der Waals surface area contributed by atoms with Gasteiger partial charge in [-0.2, -0.15) is 0 Å². The van der Waals surface area contributed by atoms with Gasteiger partial charge in [0.2, 0.25) is 14.2 Å². The van der Waals surface area contributed by atoms with Gasteiger partial charge in [0.05, 0.1) is 6.42 Å². The Labute approximate surface area is 96.2 Å². The molecule has 0 aromatic heterocycles. The Kier molecular flexibility index (Phi) is 2.45. The van der Waals surface area contributed by atoms with E-state index < -0.39 is 8.32 Å². The molecule has 0 aromatic rings. The standard InChI is InChI=1S/C11H17NO3Si/c1-16(2,3)15-9-6-8(13)4-5-11(9)7-10(14)12-11/h6H,4-5,7H2,1-3H3,(H,12,14). The first kappa shape index (κ1) is 11.4. The lowest BCUT2D eigenvalue weighted by atomic mass is 9.77. The van der Waals surface area contributed by atoms with Crippen LogP contribution in [0.2, 0.25) is 19.6 Å². The van der Waals surface area contributed by atoms with Gasteiger partial charge in [0.1, 0.15) is 11.3 Å². The number of hydrogen-bond donors (Lipinski definition) is 1. The summed E-state index contributed by atoms with van der Waals surface area (Å²) in [5.74, 6) is 0.821. The number of amides is 1. The molecule has 88 valence electrons. The number of ketones is 1. The highest BCUT2D eigenvalue weighted by molar-refractivity contribution is 6.70. The van der Waals surface area contributed by atoms with Crippen molar-refractivity contribution in [1.82, 2.24) is 5.32 Å². The minimum Gasteiger partial charge on any atom is -0.545 e. The summed E-state index contributed by atoms with van der Waals surface area (Å²) < 4.78 is 5.92. The van der Waals surface area contributed by atoms with Crippen LogP contribution in [0, 0.1) is 0 Å². The zero-order valence-corrected chi connectivity index (χ0v) is 10.9. The van der Waals surface area contributed by atoms with Crippen molar-refractivity contribution in [2.75, 3.05) is 0 Å². The lowest BCUT2D eigenvalue weighted by Crippen LogP contribution is -2.64. The van der Waals surface area contributed by atoms with Crippen molar-refractivity contribution in [3.63, 3.8) is 0 Å². The van der Waals surface area contributed by atoms with E-state index in [4.69, 9.17) is 4.43 Å². The molecule has 1 unspecified atom stereocenters. The minimum atomic E-state index is -1.74. The van der Waals surface area contributed by atoms with E-state index in [1.165, 1.54) is 0 Å². The first-order valence-electron chi connectivity index (χ1n) is 5.56. The van der Waals surface area contributed by atoms with Crippen molar-refractivity contribution < 1.29 is 14.0 Å². The predicted octanol–water partition coefficient (Wildman–Crippen LogP) is 1.34. The lowest BCUT2D eigenvalue weighted by molar-refractivity contribution is -0.134. The zero-order chi connectivity index (χ0) is 12.0. The summed E-state index contributed by atoms with van der Waals surface area (Å²) in [6.07, 6.45) is 3.20. The van der Waals surface area contributed by atoms with E-state index in [0.717, 1.165) is 0 Å². The number of rotatable bonds is 2. The highest BCUT2D eigenvalue weighted by Crippen LogP contribution is 2.38. The van der Waals surface area contributed by atoms with Gasteiger partial charge < -0.3 is 9.74 Å². The number of β-lactam (4-membered cyclic amide) rings is 1. The van der Waals surface area contributed by atoms with Crippen LogP contribution in [-0.2, 0) is 14.0 Å². The topological polar surface area (TPSA) is 55.4 Å². The van der Waals surface area contributed by atoms with Crippen LogP contribution in [-0.4, -0.2) is 25.5 Å². The maximum Gasteiger partial charge on any atom is 0.241 e. The summed E-state index contributed by atoms with van der Waals surface area (Å²) in [6.45, 7) is 6.21. The van der Waals surface area contributed by atoms with Crippen LogP contribution < -0.4 is 5.32 Å². The van der Waals surface area contributed by atoms with Crippen molar-refractivity contribution in [3.05, 3.63) is 11.8 Å². The monoisotopic (exact) mass is 239 g/mol. The number of carbonyl (C=O) groups is 2. The molecule has 0 radical (unpaired) electrons. The van der Waals surface area contributed by atoms with Crippen molar-refractivity contribution in [1.29, 1.82) is 0 Å². The quantitative estimate of drug-likeness (QED) is 0.584. The molecule has 0 aromatic carbocycles.